The topological polar surface area (TPSA) is 32.3 Å². The standard InChI is InChI=1S/C13H16N4S/c1-3-12(18-10-1)11-16-6-8-17(9-7-16)13-14-4-2-5-15-13/h1-5,10H,6-9,11H2. The Morgan fingerprint density at radius 3 is 2.50 bits per heavy atom. The highest BCUT2D eigenvalue weighted by atomic mass is 32.1. The van der Waals surface area contributed by atoms with E-state index >= 15 is 0 Å². The molecule has 3 rings (SSSR count). The van der Waals surface area contributed by atoms with Gasteiger partial charge in [-0.15, -0.1) is 11.3 Å². The summed E-state index contributed by atoms with van der Waals surface area (Å²) in [7, 11) is 0. The largest absolute Gasteiger partial charge is 0.338 e. The molecule has 1 aliphatic rings. The van der Waals surface area contributed by atoms with Crippen molar-refractivity contribution in [2.24, 2.45) is 0 Å². The van der Waals surface area contributed by atoms with E-state index in [9.17, 15) is 0 Å². The van der Waals surface area contributed by atoms with Crippen LogP contribution in [0, 0.1) is 0 Å². The van der Waals surface area contributed by atoms with Gasteiger partial charge in [0.2, 0.25) is 5.95 Å². The molecule has 94 valence electrons. The summed E-state index contributed by atoms with van der Waals surface area (Å²) in [6, 6.07) is 6.18. The fraction of sp³-hybridized carbons (Fsp3) is 0.385. The van der Waals surface area contributed by atoms with E-state index in [2.05, 4.69) is 37.3 Å². The lowest BCUT2D eigenvalue weighted by atomic mass is 10.3. The maximum atomic E-state index is 4.30. The zero-order valence-corrected chi connectivity index (χ0v) is 11.0. The van der Waals surface area contributed by atoms with E-state index in [4.69, 9.17) is 0 Å². The van der Waals surface area contributed by atoms with Crippen LogP contribution in [0.3, 0.4) is 0 Å². The maximum absolute atomic E-state index is 4.30. The van der Waals surface area contributed by atoms with Gasteiger partial charge in [0.1, 0.15) is 0 Å². The molecule has 0 amide bonds. The molecule has 3 heterocycles. The van der Waals surface area contributed by atoms with E-state index < -0.39 is 0 Å². The van der Waals surface area contributed by atoms with Crippen LogP contribution in [0.4, 0.5) is 5.95 Å². The zero-order valence-electron chi connectivity index (χ0n) is 10.2. The molecular formula is C13H16N4S. The molecule has 0 spiro atoms. The number of anilines is 1. The molecule has 5 heteroatoms. The van der Waals surface area contributed by atoms with E-state index in [-0.39, 0.29) is 0 Å². The molecule has 18 heavy (non-hydrogen) atoms. The van der Waals surface area contributed by atoms with Gasteiger partial charge in [-0.25, -0.2) is 9.97 Å². The van der Waals surface area contributed by atoms with Crippen molar-refractivity contribution < 1.29 is 0 Å². The highest BCUT2D eigenvalue weighted by Gasteiger charge is 2.18. The van der Waals surface area contributed by atoms with Gasteiger partial charge < -0.3 is 4.90 Å². The molecule has 0 unspecified atom stereocenters. The summed E-state index contributed by atoms with van der Waals surface area (Å²) in [5, 5.41) is 2.14. The predicted molar refractivity (Wildman–Crippen MR) is 73.8 cm³/mol. The van der Waals surface area contributed by atoms with E-state index in [0.717, 1.165) is 38.7 Å². The number of thiophene rings is 1. The summed E-state index contributed by atoms with van der Waals surface area (Å²) < 4.78 is 0. The van der Waals surface area contributed by atoms with Gasteiger partial charge in [-0.05, 0) is 17.5 Å². The van der Waals surface area contributed by atoms with E-state index in [1.165, 1.54) is 4.88 Å². The van der Waals surface area contributed by atoms with Crippen LogP contribution in [0.5, 0.6) is 0 Å². The maximum Gasteiger partial charge on any atom is 0.225 e. The van der Waals surface area contributed by atoms with E-state index in [1.54, 1.807) is 12.4 Å². The van der Waals surface area contributed by atoms with Crippen LogP contribution in [0.25, 0.3) is 0 Å². The van der Waals surface area contributed by atoms with Crippen molar-refractivity contribution in [3.05, 3.63) is 40.8 Å². The lowest BCUT2D eigenvalue weighted by Crippen LogP contribution is -2.46. The van der Waals surface area contributed by atoms with Gasteiger partial charge in [-0.2, -0.15) is 0 Å². The predicted octanol–water partition coefficient (Wildman–Crippen LogP) is 1.86. The monoisotopic (exact) mass is 260 g/mol. The number of hydrogen-bond acceptors (Lipinski definition) is 5. The molecule has 2 aromatic heterocycles. The molecule has 1 saturated heterocycles. The molecule has 2 aromatic rings. The minimum absolute atomic E-state index is 0.855. The van der Waals surface area contributed by atoms with Crippen LogP contribution >= 0.6 is 11.3 Å². The molecule has 4 nitrogen and oxygen atoms in total. The van der Waals surface area contributed by atoms with Gasteiger partial charge >= 0.3 is 0 Å². The van der Waals surface area contributed by atoms with E-state index in [1.807, 2.05) is 17.4 Å². The van der Waals surface area contributed by atoms with Gasteiger partial charge in [0.15, 0.2) is 0 Å². The first-order valence-corrected chi connectivity index (χ1v) is 7.06. The van der Waals surface area contributed by atoms with E-state index in [0.29, 0.717) is 0 Å². The van der Waals surface area contributed by atoms with Crippen molar-refractivity contribution in [1.29, 1.82) is 0 Å². The van der Waals surface area contributed by atoms with Gasteiger partial charge in [0, 0.05) is 50.0 Å². The molecule has 0 aliphatic carbocycles. The number of piperazine rings is 1. The highest BCUT2D eigenvalue weighted by molar-refractivity contribution is 7.09. The molecule has 0 radical (unpaired) electrons. The Hall–Kier alpha value is -1.46. The third-order valence-corrected chi connectivity index (χ3v) is 4.03. The number of aromatic nitrogens is 2. The quantitative estimate of drug-likeness (QED) is 0.843. The minimum Gasteiger partial charge on any atom is -0.338 e. The summed E-state index contributed by atoms with van der Waals surface area (Å²) in [5.41, 5.74) is 0. The number of hydrogen-bond donors (Lipinski definition) is 0. The van der Waals surface area contributed by atoms with Crippen molar-refractivity contribution in [2.75, 3.05) is 31.1 Å². The van der Waals surface area contributed by atoms with Crippen molar-refractivity contribution in [3.63, 3.8) is 0 Å². The van der Waals surface area contributed by atoms with Gasteiger partial charge in [0.25, 0.3) is 0 Å². The Morgan fingerprint density at radius 1 is 1.06 bits per heavy atom. The Bertz CT molecular complexity index is 463. The smallest absolute Gasteiger partial charge is 0.225 e. The first-order valence-electron chi connectivity index (χ1n) is 6.18. The van der Waals surface area contributed by atoms with Crippen LogP contribution in [-0.4, -0.2) is 41.0 Å². The third-order valence-electron chi connectivity index (χ3n) is 3.17. The second-order valence-electron chi connectivity index (χ2n) is 4.39. The average Bonchev–Trinajstić information content (AvgIpc) is 2.94. The van der Waals surface area contributed by atoms with Crippen LogP contribution in [0.15, 0.2) is 36.0 Å². The first kappa shape index (κ1) is 11.6. The van der Waals surface area contributed by atoms with Crippen molar-refractivity contribution in [1.82, 2.24) is 14.9 Å². The Labute approximate surface area is 111 Å². The third kappa shape index (κ3) is 2.68. The highest BCUT2D eigenvalue weighted by Crippen LogP contribution is 2.15. The molecule has 0 atom stereocenters. The summed E-state index contributed by atoms with van der Waals surface area (Å²) in [6.45, 7) is 5.25. The Morgan fingerprint density at radius 2 is 1.83 bits per heavy atom. The van der Waals surface area contributed by atoms with Gasteiger partial charge in [0.05, 0.1) is 0 Å². The second-order valence-corrected chi connectivity index (χ2v) is 5.42. The fourth-order valence-electron chi connectivity index (χ4n) is 2.18. The normalized spacial score (nSPS) is 17.0. The molecule has 1 aliphatic heterocycles. The lowest BCUT2D eigenvalue weighted by molar-refractivity contribution is 0.251. The van der Waals surface area contributed by atoms with Crippen LogP contribution in [0.1, 0.15) is 4.88 Å². The van der Waals surface area contributed by atoms with Crippen LogP contribution in [0.2, 0.25) is 0 Å². The Balaban J connectivity index is 1.55. The van der Waals surface area contributed by atoms with Crippen LogP contribution < -0.4 is 4.90 Å². The molecule has 0 N–H and O–H groups in total. The summed E-state index contributed by atoms with van der Waals surface area (Å²) >= 11 is 1.83. The summed E-state index contributed by atoms with van der Waals surface area (Å²) in [6.07, 6.45) is 3.61. The molecule has 0 saturated carbocycles. The van der Waals surface area contributed by atoms with Gasteiger partial charge in [-0.3, -0.25) is 4.90 Å². The molecule has 1 fully saturated rings. The molecular weight excluding hydrogens is 244 g/mol. The zero-order chi connectivity index (χ0) is 12.2. The fourth-order valence-corrected chi connectivity index (χ4v) is 2.93. The van der Waals surface area contributed by atoms with Crippen LogP contribution in [-0.2, 0) is 6.54 Å². The molecule has 0 bridgehead atoms. The summed E-state index contributed by atoms with van der Waals surface area (Å²) in [5.74, 6) is 0.855. The lowest BCUT2D eigenvalue weighted by Gasteiger charge is -2.34. The second kappa shape index (κ2) is 5.46. The van der Waals surface area contributed by atoms with Crippen molar-refractivity contribution in [3.8, 4) is 0 Å². The van der Waals surface area contributed by atoms with Crippen molar-refractivity contribution >= 4 is 17.3 Å². The summed E-state index contributed by atoms with van der Waals surface area (Å²) in [4.78, 5) is 14.8. The SMILES string of the molecule is c1cnc(N2CCN(Cc3cccs3)CC2)nc1. The number of nitrogens with zero attached hydrogens (tertiary/aromatic N) is 4. The first-order chi connectivity index (χ1) is 8.92. The van der Waals surface area contributed by atoms with Gasteiger partial charge in [-0.1, -0.05) is 6.07 Å². The minimum atomic E-state index is 0.855. The molecule has 0 aromatic carbocycles. The average molecular weight is 260 g/mol. The Kier molecular flexibility index (Phi) is 3.52. The van der Waals surface area contributed by atoms with Crippen molar-refractivity contribution in [2.45, 2.75) is 6.54 Å². The number of rotatable bonds is 3.